The van der Waals surface area contributed by atoms with Crippen LogP contribution in [0.4, 0.5) is 13.2 Å². The molecule has 3 N–H and O–H groups in total. The third kappa shape index (κ3) is 6.80. The first-order valence-electron chi connectivity index (χ1n) is 9.78. The normalized spacial score (nSPS) is 12.3. The van der Waals surface area contributed by atoms with Crippen molar-refractivity contribution in [1.29, 1.82) is 0 Å². The van der Waals surface area contributed by atoms with E-state index < -0.39 is 35.5 Å². The minimum absolute atomic E-state index is 0.0438. The van der Waals surface area contributed by atoms with Crippen LogP contribution in [-0.4, -0.2) is 28.2 Å². The molecule has 6 nitrogen and oxygen atoms in total. The molecule has 0 bridgehead atoms. The Kier molecular flexibility index (Phi) is 7.72. The number of aliphatic carboxylic acids is 2. The van der Waals surface area contributed by atoms with Gasteiger partial charge < -0.3 is 14.9 Å². The van der Waals surface area contributed by atoms with E-state index in [1.807, 2.05) is 0 Å². The minimum atomic E-state index is -4.48. The highest BCUT2D eigenvalue weighted by molar-refractivity contribution is 7.12. The van der Waals surface area contributed by atoms with E-state index in [4.69, 9.17) is 14.9 Å². The van der Waals surface area contributed by atoms with Gasteiger partial charge in [0.05, 0.1) is 6.42 Å². The number of alkyl halides is 3. The summed E-state index contributed by atoms with van der Waals surface area (Å²) in [5.74, 6) is -2.06. The summed E-state index contributed by atoms with van der Waals surface area (Å²) in [6, 6.07) is 15.1. The molecule has 0 radical (unpaired) electrons. The number of hydrogen-bond acceptors (Lipinski definition) is 5. The van der Waals surface area contributed by atoms with Crippen LogP contribution in [0.15, 0.2) is 60.7 Å². The fourth-order valence-electron chi connectivity index (χ4n) is 3.08. The molecule has 3 aromatic rings. The Balaban J connectivity index is 1.64. The van der Waals surface area contributed by atoms with E-state index in [0.29, 0.717) is 33.1 Å². The number of benzene rings is 2. The van der Waals surface area contributed by atoms with Gasteiger partial charge in [0.1, 0.15) is 23.3 Å². The predicted octanol–water partition coefficient (Wildman–Crippen LogP) is 5.03. The average molecular weight is 479 g/mol. The molecule has 0 aliphatic rings. The second-order valence-electron chi connectivity index (χ2n) is 7.12. The SMILES string of the molecule is O=C(O)CC(NCc1ccc(OCc2cc(-c3ccccc3)c(C(F)(F)F)s2)cc1)C(=O)O. The van der Waals surface area contributed by atoms with Crippen LogP contribution in [0.1, 0.15) is 21.7 Å². The lowest BCUT2D eigenvalue weighted by Crippen LogP contribution is -2.38. The fraction of sp³-hybridized carbons (Fsp3) is 0.217. The van der Waals surface area contributed by atoms with Crippen molar-refractivity contribution in [3.63, 3.8) is 0 Å². The zero-order valence-corrected chi connectivity index (χ0v) is 17.9. The fourth-order valence-corrected chi connectivity index (χ4v) is 4.04. The zero-order chi connectivity index (χ0) is 24.0. The molecule has 33 heavy (non-hydrogen) atoms. The van der Waals surface area contributed by atoms with E-state index in [9.17, 15) is 22.8 Å². The van der Waals surface area contributed by atoms with Crippen molar-refractivity contribution < 1.29 is 37.7 Å². The summed E-state index contributed by atoms with van der Waals surface area (Å²) in [6.07, 6.45) is -5.03. The molecular weight excluding hydrogens is 459 g/mol. The van der Waals surface area contributed by atoms with Crippen molar-refractivity contribution in [3.8, 4) is 16.9 Å². The smallest absolute Gasteiger partial charge is 0.426 e. The van der Waals surface area contributed by atoms with Crippen molar-refractivity contribution in [2.75, 3.05) is 0 Å². The highest BCUT2D eigenvalue weighted by atomic mass is 32.1. The van der Waals surface area contributed by atoms with Gasteiger partial charge in [-0.2, -0.15) is 13.2 Å². The van der Waals surface area contributed by atoms with Gasteiger partial charge in [-0.3, -0.25) is 14.9 Å². The van der Waals surface area contributed by atoms with Crippen LogP contribution < -0.4 is 10.1 Å². The van der Waals surface area contributed by atoms with Crippen LogP contribution in [0.2, 0.25) is 0 Å². The molecule has 10 heteroatoms. The Morgan fingerprint density at radius 2 is 1.70 bits per heavy atom. The maximum atomic E-state index is 13.5. The Morgan fingerprint density at radius 1 is 1.03 bits per heavy atom. The van der Waals surface area contributed by atoms with E-state index >= 15 is 0 Å². The Morgan fingerprint density at radius 3 is 2.27 bits per heavy atom. The molecule has 0 spiro atoms. The van der Waals surface area contributed by atoms with E-state index in [2.05, 4.69) is 5.32 Å². The van der Waals surface area contributed by atoms with E-state index in [1.54, 1.807) is 54.6 Å². The maximum absolute atomic E-state index is 13.5. The van der Waals surface area contributed by atoms with Crippen molar-refractivity contribution in [2.24, 2.45) is 0 Å². The molecule has 0 aliphatic heterocycles. The second-order valence-corrected chi connectivity index (χ2v) is 8.26. The predicted molar refractivity (Wildman–Crippen MR) is 116 cm³/mol. The van der Waals surface area contributed by atoms with Gasteiger partial charge in [-0.25, -0.2) is 0 Å². The maximum Gasteiger partial charge on any atom is 0.426 e. The lowest BCUT2D eigenvalue weighted by Gasteiger charge is -2.12. The van der Waals surface area contributed by atoms with Crippen LogP contribution in [0.25, 0.3) is 11.1 Å². The number of thiophene rings is 1. The first-order chi connectivity index (χ1) is 15.6. The van der Waals surface area contributed by atoms with Gasteiger partial charge in [-0.15, -0.1) is 11.3 Å². The first-order valence-corrected chi connectivity index (χ1v) is 10.6. The summed E-state index contributed by atoms with van der Waals surface area (Å²) in [5.41, 5.74) is 1.29. The molecule has 1 atom stereocenters. The van der Waals surface area contributed by atoms with E-state index in [1.165, 1.54) is 6.07 Å². The van der Waals surface area contributed by atoms with Gasteiger partial charge in [-0.1, -0.05) is 42.5 Å². The highest BCUT2D eigenvalue weighted by Gasteiger charge is 2.36. The van der Waals surface area contributed by atoms with Gasteiger partial charge in [-0.05, 0) is 29.3 Å². The van der Waals surface area contributed by atoms with E-state index in [-0.39, 0.29) is 18.7 Å². The summed E-state index contributed by atoms with van der Waals surface area (Å²) in [5, 5.41) is 20.5. The van der Waals surface area contributed by atoms with Gasteiger partial charge in [0.15, 0.2) is 0 Å². The quantitative estimate of drug-likeness (QED) is 0.378. The summed E-state index contributed by atoms with van der Waals surface area (Å²) >= 11 is 0.639. The van der Waals surface area contributed by atoms with Crippen LogP contribution in [0.5, 0.6) is 5.75 Å². The topological polar surface area (TPSA) is 95.9 Å². The molecule has 2 aromatic carbocycles. The Labute approximate surface area is 191 Å². The number of carboxylic acids is 2. The second kappa shape index (κ2) is 10.5. The van der Waals surface area contributed by atoms with Gasteiger partial charge in [0.2, 0.25) is 0 Å². The number of rotatable bonds is 10. The molecule has 0 saturated carbocycles. The summed E-state index contributed by atoms with van der Waals surface area (Å²) in [6.45, 7) is 0.0860. The molecule has 1 aromatic heterocycles. The summed E-state index contributed by atoms with van der Waals surface area (Å²) < 4.78 is 46.1. The third-order valence-corrected chi connectivity index (χ3v) is 5.81. The Bertz CT molecular complexity index is 1100. The first kappa shape index (κ1) is 24.3. The molecule has 174 valence electrons. The lowest BCUT2D eigenvalue weighted by atomic mass is 10.1. The molecular formula is C23H20F3NO5S. The van der Waals surface area contributed by atoms with Gasteiger partial charge >= 0.3 is 18.1 Å². The number of carboxylic acid groups (broad SMARTS) is 2. The van der Waals surface area contributed by atoms with Gasteiger partial charge in [0.25, 0.3) is 0 Å². The molecule has 0 saturated heterocycles. The standard InChI is InChI=1S/C23H20F3NO5S/c24-23(25,26)21-18(15-4-2-1-3-5-15)10-17(33-21)13-32-16-8-6-14(7-9-16)12-27-19(22(30)31)11-20(28)29/h1-10,19,27H,11-13H2,(H,28,29)(H,30,31). The number of hydrogen-bond donors (Lipinski definition) is 3. The molecule has 3 rings (SSSR count). The molecule has 0 aliphatic carbocycles. The lowest BCUT2D eigenvalue weighted by molar-refractivity contribution is -0.146. The van der Waals surface area contributed by atoms with Crippen LogP contribution in [0.3, 0.4) is 0 Å². The molecule has 0 fully saturated rings. The average Bonchev–Trinajstić information content (AvgIpc) is 3.21. The number of carbonyl (C=O) groups is 2. The van der Waals surface area contributed by atoms with Crippen molar-refractivity contribution in [3.05, 3.63) is 76.0 Å². The van der Waals surface area contributed by atoms with Crippen molar-refractivity contribution in [1.82, 2.24) is 5.32 Å². The van der Waals surface area contributed by atoms with Crippen molar-refractivity contribution in [2.45, 2.75) is 31.8 Å². The molecule has 1 unspecified atom stereocenters. The zero-order valence-electron chi connectivity index (χ0n) is 17.1. The van der Waals surface area contributed by atoms with Crippen LogP contribution >= 0.6 is 11.3 Å². The molecule has 1 heterocycles. The number of halogens is 3. The van der Waals surface area contributed by atoms with Crippen LogP contribution in [0, 0.1) is 0 Å². The Hall–Kier alpha value is -3.37. The van der Waals surface area contributed by atoms with Crippen molar-refractivity contribution >= 4 is 23.3 Å². The number of ether oxygens (including phenoxy) is 1. The highest BCUT2D eigenvalue weighted by Crippen LogP contribution is 2.43. The number of nitrogens with one attached hydrogen (secondary N) is 1. The minimum Gasteiger partial charge on any atom is -0.488 e. The van der Waals surface area contributed by atoms with Gasteiger partial charge in [0, 0.05) is 17.0 Å². The third-order valence-electron chi connectivity index (χ3n) is 4.66. The largest absolute Gasteiger partial charge is 0.488 e. The van der Waals surface area contributed by atoms with Crippen LogP contribution in [-0.2, 0) is 28.9 Å². The van der Waals surface area contributed by atoms with E-state index in [0.717, 1.165) is 0 Å². The summed E-state index contributed by atoms with van der Waals surface area (Å²) in [4.78, 5) is 21.6. The summed E-state index contributed by atoms with van der Waals surface area (Å²) in [7, 11) is 0. The molecule has 0 amide bonds. The monoisotopic (exact) mass is 479 g/mol.